The van der Waals surface area contributed by atoms with Crippen molar-refractivity contribution in [2.75, 3.05) is 13.2 Å². The molecule has 0 radical (unpaired) electrons. The summed E-state index contributed by atoms with van der Waals surface area (Å²) in [5.74, 6) is -0.0139. The first-order chi connectivity index (χ1) is 9.45. The highest BCUT2D eigenvalue weighted by molar-refractivity contribution is 5.99. The van der Waals surface area contributed by atoms with Gasteiger partial charge in [0.15, 0.2) is 0 Å². The molecule has 5 nitrogen and oxygen atoms in total. The van der Waals surface area contributed by atoms with Gasteiger partial charge in [0.1, 0.15) is 11.6 Å². The summed E-state index contributed by atoms with van der Waals surface area (Å²) in [6, 6.07) is -0.378. The predicted molar refractivity (Wildman–Crippen MR) is 78.3 cm³/mol. The summed E-state index contributed by atoms with van der Waals surface area (Å²) < 4.78 is 5.53. The third-order valence-corrected chi connectivity index (χ3v) is 4.21. The fraction of sp³-hybridized carbons (Fsp3) is 0.867. The number of carbonyl (C=O) groups is 2. The summed E-state index contributed by atoms with van der Waals surface area (Å²) in [5.41, 5.74) is -0.741. The Morgan fingerprint density at radius 2 is 1.85 bits per heavy atom. The molecule has 0 aromatic rings. The van der Waals surface area contributed by atoms with Crippen LogP contribution in [0.4, 0.5) is 0 Å². The largest absolute Gasteiger partial charge is 0.377 e. The highest BCUT2D eigenvalue weighted by atomic mass is 16.5. The molecule has 1 saturated heterocycles. The monoisotopic (exact) mass is 284 g/mol. The van der Waals surface area contributed by atoms with Gasteiger partial charge in [-0.25, -0.2) is 0 Å². The van der Waals surface area contributed by atoms with Crippen molar-refractivity contribution in [2.24, 2.45) is 0 Å². The summed E-state index contributed by atoms with van der Waals surface area (Å²) in [4.78, 5) is 26.8. The van der Waals surface area contributed by atoms with Crippen LogP contribution >= 0.6 is 0 Å². The van der Waals surface area contributed by atoms with E-state index in [0.29, 0.717) is 32.4 Å². The van der Waals surface area contributed by atoms with Gasteiger partial charge >= 0.3 is 0 Å². The van der Waals surface area contributed by atoms with Crippen molar-refractivity contribution in [2.45, 2.75) is 71.6 Å². The van der Waals surface area contributed by atoms with Crippen LogP contribution in [0.25, 0.3) is 0 Å². The Kier molecular flexibility index (Phi) is 5.99. The zero-order chi connectivity index (χ0) is 15.3. The van der Waals surface area contributed by atoms with E-state index in [4.69, 9.17) is 4.74 Å². The Balaban J connectivity index is 3.00. The highest BCUT2D eigenvalue weighted by Gasteiger charge is 2.48. The molecule has 0 aromatic heterocycles. The summed E-state index contributed by atoms with van der Waals surface area (Å²) in [6.45, 7) is 10.8. The zero-order valence-corrected chi connectivity index (χ0v) is 13.4. The van der Waals surface area contributed by atoms with Crippen LogP contribution in [0, 0.1) is 0 Å². The van der Waals surface area contributed by atoms with E-state index in [2.05, 4.69) is 5.32 Å². The second-order valence-electron chi connectivity index (χ2n) is 5.43. The van der Waals surface area contributed by atoms with Gasteiger partial charge in [-0.2, -0.15) is 0 Å². The molecule has 1 aliphatic heterocycles. The number of amides is 2. The van der Waals surface area contributed by atoms with Crippen molar-refractivity contribution in [1.29, 1.82) is 0 Å². The molecule has 1 N–H and O–H groups in total. The zero-order valence-electron chi connectivity index (χ0n) is 13.4. The van der Waals surface area contributed by atoms with E-state index < -0.39 is 5.54 Å². The van der Waals surface area contributed by atoms with Crippen molar-refractivity contribution in [3.63, 3.8) is 0 Å². The van der Waals surface area contributed by atoms with E-state index >= 15 is 0 Å². The molecule has 0 aliphatic carbocycles. The quantitative estimate of drug-likeness (QED) is 0.774. The number of hydrogen-bond acceptors (Lipinski definition) is 3. The van der Waals surface area contributed by atoms with Gasteiger partial charge in [-0.05, 0) is 33.1 Å². The maximum atomic E-state index is 12.8. The fourth-order valence-corrected chi connectivity index (χ4v) is 2.89. The lowest BCUT2D eigenvalue weighted by molar-refractivity contribution is -0.157. The van der Waals surface area contributed by atoms with Crippen LogP contribution in [0.15, 0.2) is 0 Å². The predicted octanol–water partition coefficient (Wildman–Crippen LogP) is 1.71. The van der Waals surface area contributed by atoms with Crippen LogP contribution in [0.3, 0.4) is 0 Å². The molecule has 1 heterocycles. The second-order valence-corrected chi connectivity index (χ2v) is 5.43. The molecular weight excluding hydrogens is 256 g/mol. The number of hydrogen-bond donors (Lipinski definition) is 1. The second kappa shape index (κ2) is 7.07. The van der Waals surface area contributed by atoms with E-state index in [0.717, 1.165) is 0 Å². The Morgan fingerprint density at radius 1 is 1.25 bits per heavy atom. The molecule has 5 heteroatoms. The van der Waals surface area contributed by atoms with Crippen LogP contribution in [-0.2, 0) is 14.3 Å². The average Bonchev–Trinajstić information content (AvgIpc) is 2.43. The van der Waals surface area contributed by atoms with E-state index in [1.165, 1.54) is 0 Å². The van der Waals surface area contributed by atoms with E-state index in [-0.39, 0.29) is 24.0 Å². The van der Waals surface area contributed by atoms with Crippen molar-refractivity contribution in [3.05, 3.63) is 0 Å². The fourth-order valence-electron chi connectivity index (χ4n) is 2.89. The Hall–Kier alpha value is -1.10. The number of nitrogens with one attached hydrogen (secondary N) is 1. The molecule has 2 unspecified atom stereocenters. The number of ether oxygens (including phenoxy) is 1. The van der Waals surface area contributed by atoms with Crippen LogP contribution in [0.5, 0.6) is 0 Å². The number of rotatable bonds is 7. The van der Waals surface area contributed by atoms with Crippen molar-refractivity contribution in [3.8, 4) is 0 Å². The molecule has 2 amide bonds. The summed E-state index contributed by atoms with van der Waals surface area (Å²) >= 11 is 0. The minimum atomic E-state index is -0.741. The average molecular weight is 284 g/mol. The summed E-state index contributed by atoms with van der Waals surface area (Å²) in [7, 11) is 0. The molecule has 1 aliphatic rings. The molecule has 1 fully saturated rings. The van der Waals surface area contributed by atoms with E-state index in [1.54, 1.807) is 4.90 Å². The lowest BCUT2D eigenvalue weighted by Gasteiger charge is -2.46. The Morgan fingerprint density at radius 3 is 2.30 bits per heavy atom. The molecule has 116 valence electrons. The van der Waals surface area contributed by atoms with Crippen LogP contribution < -0.4 is 5.32 Å². The van der Waals surface area contributed by atoms with Crippen LogP contribution in [0.1, 0.15) is 53.9 Å². The number of carbonyl (C=O) groups excluding carboxylic acids is 2. The summed E-state index contributed by atoms with van der Waals surface area (Å²) in [6.07, 6.45) is 1.80. The van der Waals surface area contributed by atoms with Crippen molar-refractivity contribution in [1.82, 2.24) is 10.2 Å². The minimum absolute atomic E-state index is 0.0282. The molecule has 20 heavy (non-hydrogen) atoms. The number of nitrogens with zero attached hydrogens (tertiary/aromatic N) is 1. The number of piperazine rings is 1. The highest BCUT2D eigenvalue weighted by Crippen LogP contribution is 2.26. The minimum Gasteiger partial charge on any atom is -0.377 e. The van der Waals surface area contributed by atoms with Gasteiger partial charge in [-0.3, -0.25) is 9.59 Å². The lowest BCUT2D eigenvalue weighted by Crippen LogP contribution is -2.70. The molecule has 0 bridgehead atoms. The van der Waals surface area contributed by atoms with Gasteiger partial charge in [0, 0.05) is 13.2 Å². The topological polar surface area (TPSA) is 58.6 Å². The maximum Gasteiger partial charge on any atom is 0.249 e. The maximum absolute atomic E-state index is 12.8. The molecule has 1 rings (SSSR count). The van der Waals surface area contributed by atoms with Crippen molar-refractivity contribution >= 4 is 11.8 Å². The van der Waals surface area contributed by atoms with E-state index in [9.17, 15) is 9.59 Å². The molecule has 2 atom stereocenters. The lowest BCUT2D eigenvalue weighted by atomic mass is 9.86. The third-order valence-electron chi connectivity index (χ3n) is 4.21. The van der Waals surface area contributed by atoms with Gasteiger partial charge in [-0.1, -0.05) is 20.8 Å². The normalized spacial score (nSPS) is 23.6. The van der Waals surface area contributed by atoms with E-state index in [1.807, 2.05) is 34.6 Å². The molecule has 0 spiro atoms. The van der Waals surface area contributed by atoms with Gasteiger partial charge in [0.25, 0.3) is 0 Å². The summed E-state index contributed by atoms with van der Waals surface area (Å²) in [5, 5.41) is 2.94. The van der Waals surface area contributed by atoms with Crippen molar-refractivity contribution < 1.29 is 14.3 Å². The molecule has 0 saturated carbocycles. The van der Waals surface area contributed by atoms with Crippen LogP contribution in [0.2, 0.25) is 0 Å². The first-order valence-corrected chi connectivity index (χ1v) is 7.70. The Bertz CT molecular complexity index is 353. The molecule has 0 aromatic carbocycles. The SMILES string of the molecule is CCOC(C)CN1C(=O)C(CC)(CC)NC(=O)C1CC. The standard InChI is InChI=1S/C15H28N2O3/c1-6-12-13(18)16-15(7-2,8-3)14(19)17(12)10-11(5)20-9-4/h11-12H,6-10H2,1-5H3,(H,16,18). The first-order valence-electron chi connectivity index (χ1n) is 7.70. The van der Waals surface area contributed by atoms with Gasteiger partial charge in [0.05, 0.1) is 6.10 Å². The van der Waals surface area contributed by atoms with Crippen LogP contribution in [-0.4, -0.2) is 47.6 Å². The Labute approximate surface area is 122 Å². The van der Waals surface area contributed by atoms with Gasteiger partial charge in [0.2, 0.25) is 11.8 Å². The molecular formula is C15H28N2O3. The first kappa shape index (κ1) is 17.0. The van der Waals surface area contributed by atoms with Gasteiger partial charge in [-0.15, -0.1) is 0 Å². The third kappa shape index (κ3) is 3.14. The smallest absolute Gasteiger partial charge is 0.249 e. The van der Waals surface area contributed by atoms with Gasteiger partial charge < -0.3 is 15.0 Å².